The van der Waals surface area contributed by atoms with E-state index in [2.05, 4.69) is 29.8 Å². The first kappa shape index (κ1) is 16.0. The third-order valence-corrected chi connectivity index (χ3v) is 4.22. The Hall–Kier alpha value is -1.42. The molecule has 0 aliphatic carbocycles. The molecule has 0 bridgehead atoms. The summed E-state index contributed by atoms with van der Waals surface area (Å²) in [7, 11) is 0. The van der Waals surface area contributed by atoms with Crippen molar-refractivity contribution in [3.8, 4) is 0 Å². The molecule has 4 heteroatoms. The van der Waals surface area contributed by atoms with Crippen molar-refractivity contribution in [3.05, 3.63) is 46.5 Å². The van der Waals surface area contributed by atoms with Crippen LogP contribution in [-0.2, 0) is 4.79 Å². The van der Waals surface area contributed by atoms with Gasteiger partial charge in [-0.3, -0.25) is 9.59 Å². The van der Waals surface area contributed by atoms with Crippen LogP contribution in [0, 0.1) is 11.8 Å². The van der Waals surface area contributed by atoms with Gasteiger partial charge >= 0.3 is 0 Å². The van der Waals surface area contributed by atoms with Gasteiger partial charge < -0.3 is 4.90 Å². The summed E-state index contributed by atoms with van der Waals surface area (Å²) in [5.74, 6) is 0.828. The minimum absolute atomic E-state index is 0.0705. The molecule has 1 aromatic rings. The lowest BCUT2D eigenvalue weighted by molar-refractivity contribution is -0.128. The summed E-state index contributed by atoms with van der Waals surface area (Å²) in [5.41, 5.74) is 0.586. The van der Waals surface area contributed by atoms with Gasteiger partial charge in [-0.05, 0) is 48.6 Å². The molecule has 1 aliphatic heterocycles. The second-order valence-electron chi connectivity index (χ2n) is 5.89. The van der Waals surface area contributed by atoms with Gasteiger partial charge in [0.25, 0.3) is 0 Å². The fourth-order valence-corrected chi connectivity index (χ4v) is 3.07. The average Bonchev–Trinajstić information content (AvgIpc) is 2.44. The standard InChI is InChI=1S/C17H20BrNO2/c1-12-9-13(2)11-19(10-12)17(21)8-7-16(20)14-3-5-15(18)6-4-14/h3-8,12-13H,9-11H2,1-2H3/b8-7+. The maximum absolute atomic E-state index is 12.2. The normalized spacial score (nSPS) is 22.5. The summed E-state index contributed by atoms with van der Waals surface area (Å²) in [6, 6.07) is 7.12. The minimum Gasteiger partial charge on any atom is -0.339 e. The molecule has 112 valence electrons. The fraction of sp³-hybridized carbons (Fsp3) is 0.412. The highest BCUT2D eigenvalue weighted by Crippen LogP contribution is 2.21. The number of rotatable bonds is 3. The van der Waals surface area contributed by atoms with Crippen molar-refractivity contribution in [1.29, 1.82) is 0 Å². The number of likely N-dealkylation sites (tertiary alicyclic amines) is 1. The summed E-state index contributed by atoms with van der Waals surface area (Å²) in [4.78, 5) is 26.0. The number of amides is 1. The number of carbonyl (C=O) groups is 2. The molecule has 2 unspecified atom stereocenters. The summed E-state index contributed by atoms with van der Waals surface area (Å²) >= 11 is 3.33. The molecule has 1 heterocycles. The quantitative estimate of drug-likeness (QED) is 0.616. The van der Waals surface area contributed by atoms with Gasteiger partial charge in [0.1, 0.15) is 0 Å². The van der Waals surface area contributed by atoms with Crippen molar-refractivity contribution < 1.29 is 9.59 Å². The van der Waals surface area contributed by atoms with Crippen LogP contribution in [0.15, 0.2) is 40.9 Å². The van der Waals surface area contributed by atoms with E-state index in [1.807, 2.05) is 17.0 Å². The van der Waals surface area contributed by atoms with E-state index in [4.69, 9.17) is 0 Å². The van der Waals surface area contributed by atoms with Crippen LogP contribution in [0.5, 0.6) is 0 Å². The van der Waals surface area contributed by atoms with Gasteiger partial charge in [0.15, 0.2) is 5.78 Å². The number of allylic oxidation sites excluding steroid dienone is 1. The van der Waals surface area contributed by atoms with Gasteiger partial charge in [-0.2, -0.15) is 0 Å². The van der Waals surface area contributed by atoms with Crippen LogP contribution in [-0.4, -0.2) is 29.7 Å². The van der Waals surface area contributed by atoms with Crippen molar-refractivity contribution >= 4 is 27.6 Å². The van der Waals surface area contributed by atoms with Gasteiger partial charge in [0, 0.05) is 29.2 Å². The smallest absolute Gasteiger partial charge is 0.246 e. The van der Waals surface area contributed by atoms with Crippen molar-refractivity contribution in [2.45, 2.75) is 20.3 Å². The van der Waals surface area contributed by atoms with E-state index >= 15 is 0 Å². The van der Waals surface area contributed by atoms with E-state index in [9.17, 15) is 9.59 Å². The number of nitrogens with zero attached hydrogens (tertiary/aromatic N) is 1. The van der Waals surface area contributed by atoms with Crippen molar-refractivity contribution in [2.24, 2.45) is 11.8 Å². The Morgan fingerprint density at radius 1 is 1.10 bits per heavy atom. The number of benzene rings is 1. The van der Waals surface area contributed by atoms with Crippen LogP contribution < -0.4 is 0 Å². The molecule has 0 saturated carbocycles. The van der Waals surface area contributed by atoms with Crippen LogP contribution >= 0.6 is 15.9 Å². The van der Waals surface area contributed by atoms with Crippen LogP contribution in [0.2, 0.25) is 0 Å². The zero-order valence-electron chi connectivity index (χ0n) is 12.4. The molecule has 1 aliphatic rings. The van der Waals surface area contributed by atoms with Crippen LogP contribution in [0.4, 0.5) is 0 Å². The van der Waals surface area contributed by atoms with E-state index in [1.165, 1.54) is 12.2 Å². The lowest BCUT2D eigenvalue weighted by Crippen LogP contribution is -2.41. The molecule has 0 radical (unpaired) electrons. The van der Waals surface area contributed by atoms with Crippen LogP contribution in [0.25, 0.3) is 0 Å². The molecule has 1 fully saturated rings. The molecule has 2 rings (SSSR count). The zero-order valence-corrected chi connectivity index (χ0v) is 14.0. The average molecular weight is 350 g/mol. The van der Waals surface area contributed by atoms with Gasteiger partial charge in [-0.25, -0.2) is 0 Å². The van der Waals surface area contributed by atoms with E-state index < -0.39 is 0 Å². The molecular weight excluding hydrogens is 330 g/mol. The predicted octanol–water partition coefficient (Wildman–Crippen LogP) is 3.69. The lowest BCUT2D eigenvalue weighted by Gasteiger charge is -2.34. The highest BCUT2D eigenvalue weighted by Gasteiger charge is 2.24. The molecule has 1 aromatic carbocycles. The second kappa shape index (κ2) is 7.03. The van der Waals surface area contributed by atoms with Crippen molar-refractivity contribution in [3.63, 3.8) is 0 Å². The lowest BCUT2D eigenvalue weighted by atomic mass is 9.92. The zero-order chi connectivity index (χ0) is 15.4. The SMILES string of the molecule is CC1CC(C)CN(C(=O)/C=C/C(=O)c2ccc(Br)cc2)C1. The largest absolute Gasteiger partial charge is 0.339 e. The van der Waals surface area contributed by atoms with Gasteiger partial charge in [0.05, 0.1) is 0 Å². The number of hydrogen-bond donors (Lipinski definition) is 0. The molecule has 21 heavy (non-hydrogen) atoms. The van der Waals surface area contributed by atoms with E-state index in [1.54, 1.807) is 12.1 Å². The first-order chi connectivity index (χ1) is 9.95. The molecule has 3 nitrogen and oxygen atoms in total. The summed E-state index contributed by atoms with van der Waals surface area (Å²) in [6.45, 7) is 5.87. The topological polar surface area (TPSA) is 37.4 Å². The Morgan fingerprint density at radius 2 is 1.67 bits per heavy atom. The maximum atomic E-state index is 12.2. The van der Waals surface area contributed by atoms with Gasteiger partial charge in [-0.1, -0.05) is 29.8 Å². The number of halogens is 1. The van der Waals surface area contributed by atoms with Crippen molar-refractivity contribution in [2.75, 3.05) is 13.1 Å². The Bertz CT molecular complexity index is 540. The number of piperidine rings is 1. The Morgan fingerprint density at radius 3 is 2.24 bits per heavy atom. The van der Waals surface area contributed by atoms with E-state index in [-0.39, 0.29) is 11.7 Å². The van der Waals surface area contributed by atoms with Crippen LogP contribution in [0.3, 0.4) is 0 Å². The maximum Gasteiger partial charge on any atom is 0.246 e. The third kappa shape index (κ3) is 4.53. The Balaban J connectivity index is 1.98. The predicted molar refractivity (Wildman–Crippen MR) is 87.1 cm³/mol. The molecule has 0 spiro atoms. The monoisotopic (exact) mass is 349 g/mol. The van der Waals surface area contributed by atoms with Gasteiger partial charge in [0.2, 0.25) is 5.91 Å². The van der Waals surface area contributed by atoms with Crippen molar-refractivity contribution in [1.82, 2.24) is 4.90 Å². The summed E-state index contributed by atoms with van der Waals surface area (Å²) in [5, 5.41) is 0. The molecule has 1 amide bonds. The molecule has 1 saturated heterocycles. The van der Waals surface area contributed by atoms with Crippen LogP contribution in [0.1, 0.15) is 30.6 Å². The minimum atomic E-state index is -0.144. The summed E-state index contributed by atoms with van der Waals surface area (Å²) in [6.07, 6.45) is 3.93. The van der Waals surface area contributed by atoms with E-state index in [0.29, 0.717) is 17.4 Å². The second-order valence-corrected chi connectivity index (χ2v) is 6.81. The Kier molecular flexibility index (Phi) is 5.34. The third-order valence-electron chi connectivity index (χ3n) is 3.69. The highest BCUT2D eigenvalue weighted by molar-refractivity contribution is 9.10. The molecule has 0 N–H and O–H groups in total. The molecule has 2 atom stereocenters. The number of ketones is 1. The number of hydrogen-bond acceptors (Lipinski definition) is 2. The first-order valence-electron chi connectivity index (χ1n) is 7.22. The summed E-state index contributed by atoms with van der Waals surface area (Å²) < 4.78 is 0.926. The highest BCUT2D eigenvalue weighted by atomic mass is 79.9. The molecule has 0 aromatic heterocycles. The van der Waals surface area contributed by atoms with E-state index in [0.717, 1.165) is 24.0 Å². The fourth-order valence-electron chi connectivity index (χ4n) is 2.81. The number of carbonyl (C=O) groups excluding carboxylic acids is 2. The molecular formula is C17H20BrNO2. The Labute approximate surface area is 134 Å². The van der Waals surface area contributed by atoms with Gasteiger partial charge in [-0.15, -0.1) is 0 Å². The first-order valence-corrected chi connectivity index (χ1v) is 8.02.